The average Bonchev–Trinajstić information content (AvgIpc) is 2.85. The summed E-state index contributed by atoms with van der Waals surface area (Å²) < 4.78 is 2.28. The third-order valence-electron chi connectivity index (χ3n) is 5.29. The number of pyridine rings is 1. The third kappa shape index (κ3) is 4.19. The lowest BCUT2D eigenvalue weighted by molar-refractivity contribution is 0.301. The van der Waals surface area contributed by atoms with Crippen molar-refractivity contribution in [1.82, 2.24) is 9.38 Å². The highest BCUT2D eigenvalue weighted by molar-refractivity contribution is 5.60. The van der Waals surface area contributed by atoms with Gasteiger partial charge in [-0.15, -0.1) is 0 Å². The van der Waals surface area contributed by atoms with Crippen LogP contribution in [0.3, 0.4) is 0 Å². The smallest absolute Gasteiger partial charge is 0.141 e. The summed E-state index contributed by atoms with van der Waals surface area (Å²) in [6.07, 6.45) is 9.88. The molecule has 2 aromatic heterocycles. The molecule has 0 saturated heterocycles. The predicted octanol–water partition coefficient (Wildman–Crippen LogP) is 6.32. The highest BCUT2D eigenvalue weighted by Crippen LogP contribution is 2.39. The van der Waals surface area contributed by atoms with Crippen LogP contribution in [0.1, 0.15) is 90.3 Å². The van der Waals surface area contributed by atoms with Gasteiger partial charge in [-0.05, 0) is 57.1 Å². The largest absolute Gasteiger partial charge is 0.365 e. The third-order valence-corrected chi connectivity index (χ3v) is 5.29. The number of imidazole rings is 1. The van der Waals surface area contributed by atoms with E-state index in [0.717, 1.165) is 12.1 Å². The molecule has 1 saturated carbocycles. The average molecular weight is 342 g/mol. The molecule has 2 heterocycles. The lowest BCUT2D eigenvalue weighted by atomic mass is 9.81. The van der Waals surface area contributed by atoms with Crippen molar-refractivity contribution in [1.29, 1.82) is 0 Å². The fourth-order valence-corrected chi connectivity index (χ4v) is 4.70. The molecule has 0 radical (unpaired) electrons. The first-order valence-electron chi connectivity index (χ1n) is 9.92. The number of nitrogens with zero attached hydrogens (tertiary/aromatic N) is 2. The van der Waals surface area contributed by atoms with Gasteiger partial charge in [-0.3, -0.25) is 4.40 Å². The molecule has 2 aromatic rings. The Labute approximate surface area is 153 Å². The van der Waals surface area contributed by atoms with Gasteiger partial charge in [0.05, 0.1) is 5.69 Å². The topological polar surface area (TPSA) is 29.3 Å². The van der Waals surface area contributed by atoms with E-state index in [0.29, 0.717) is 5.92 Å². The molecule has 0 unspecified atom stereocenters. The summed E-state index contributed by atoms with van der Waals surface area (Å²) in [6.45, 7) is 13.7. The second kappa shape index (κ2) is 6.66. The van der Waals surface area contributed by atoms with Gasteiger partial charge in [-0.25, -0.2) is 4.98 Å². The van der Waals surface area contributed by atoms with E-state index in [1.165, 1.54) is 49.2 Å². The lowest BCUT2D eigenvalue weighted by Gasteiger charge is -2.35. The number of aromatic nitrogens is 2. The second-order valence-corrected chi connectivity index (χ2v) is 9.81. The molecule has 3 rings (SSSR count). The van der Waals surface area contributed by atoms with Crippen LogP contribution in [-0.2, 0) is 0 Å². The van der Waals surface area contributed by atoms with Gasteiger partial charge >= 0.3 is 0 Å². The second-order valence-electron chi connectivity index (χ2n) is 9.81. The standard InChI is InChI=1S/C22H35N3/c1-16-11-10-14-25-19(16)23-18(17-12-8-7-9-13-17)20(25)24-22(5,6)15-21(2,3)4/h10-11,14,17,24H,7-9,12-13,15H2,1-6H3. The molecule has 3 heteroatoms. The van der Waals surface area contributed by atoms with E-state index in [2.05, 4.69) is 69.6 Å². The Morgan fingerprint density at radius 2 is 1.80 bits per heavy atom. The van der Waals surface area contributed by atoms with E-state index in [1.54, 1.807) is 0 Å². The summed E-state index contributed by atoms with van der Waals surface area (Å²) in [4.78, 5) is 5.12. The summed E-state index contributed by atoms with van der Waals surface area (Å²) in [7, 11) is 0. The molecule has 0 aromatic carbocycles. The first kappa shape index (κ1) is 18.3. The van der Waals surface area contributed by atoms with Crippen molar-refractivity contribution in [2.45, 2.75) is 91.5 Å². The zero-order chi connectivity index (χ0) is 18.2. The maximum atomic E-state index is 5.12. The number of hydrogen-bond donors (Lipinski definition) is 1. The van der Waals surface area contributed by atoms with Gasteiger partial charge in [0.25, 0.3) is 0 Å². The highest BCUT2D eigenvalue weighted by Gasteiger charge is 2.30. The number of nitrogens with one attached hydrogen (secondary N) is 1. The lowest BCUT2D eigenvalue weighted by Crippen LogP contribution is -2.36. The molecule has 138 valence electrons. The van der Waals surface area contributed by atoms with Crippen molar-refractivity contribution >= 4 is 11.5 Å². The number of anilines is 1. The summed E-state index contributed by atoms with van der Waals surface area (Å²) >= 11 is 0. The normalized spacial score (nSPS) is 17.2. The van der Waals surface area contributed by atoms with Gasteiger partial charge in [0.1, 0.15) is 11.5 Å². The van der Waals surface area contributed by atoms with Gasteiger partial charge < -0.3 is 5.32 Å². The van der Waals surface area contributed by atoms with Crippen LogP contribution in [0.15, 0.2) is 18.3 Å². The summed E-state index contributed by atoms with van der Waals surface area (Å²) in [5, 5.41) is 3.89. The van der Waals surface area contributed by atoms with Crippen molar-refractivity contribution < 1.29 is 0 Å². The van der Waals surface area contributed by atoms with Crippen LogP contribution in [-0.4, -0.2) is 14.9 Å². The van der Waals surface area contributed by atoms with Gasteiger partial charge in [0.2, 0.25) is 0 Å². The van der Waals surface area contributed by atoms with Crippen LogP contribution in [0.5, 0.6) is 0 Å². The van der Waals surface area contributed by atoms with Crippen LogP contribution in [0.4, 0.5) is 5.82 Å². The van der Waals surface area contributed by atoms with E-state index in [9.17, 15) is 0 Å². The van der Waals surface area contributed by atoms with E-state index in [-0.39, 0.29) is 11.0 Å². The van der Waals surface area contributed by atoms with Gasteiger partial charge in [-0.1, -0.05) is 46.1 Å². The molecule has 0 bridgehead atoms. The Balaban J connectivity index is 2.03. The van der Waals surface area contributed by atoms with E-state index in [1.807, 2.05) is 0 Å². The monoisotopic (exact) mass is 341 g/mol. The van der Waals surface area contributed by atoms with Crippen molar-refractivity contribution in [3.8, 4) is 0 Å². The minimum Gasteiger partial charge on any atom is -0.365 e. The van der Waals surface area contributed by atoms with Gasteiger partial charge in [0.15, 0.2) is 0 Å². The molecular weight excluding hydrogens is 306 g/mol. The van der Waals surface area contributed by atoms with Crippen LogP contribution in [0, 0.1) is 12.3 Å². The fraction of sp³-hybridized carbons (Fsp3) is 0.682. The number of aryl methyl sites for hydroxylation is 1. The van der Waals surface area contributed by atoms with Gasteiger partial charge in [-0.2, -0.15) is 0 Å². The van der Waals surface area contributed by atoms with E-state index in [4.69, 9.17) is 4.98 Å². The molecule has 0 atom stereocenters. The van der Waals surface area contributed by atoms with Crippen LogP contribution in [0.25, 0.3) is 5.65 Å². The van der Waals surface area contributed by atoms with Crippen LogP contribution >= 0.6 is 0 Å². The minimum atomic E-state index is 0.0291. The Morgan fingerprint density at radius 1 is 1.12 bits per heavy atom. The molecule has 1 aliphatic carbocycles. The summed E-state index contributed by atoms with van der Waals surface area (Å²) in [5.41, 5.74) is 3.97. The van der Waals surface area contributed by atoms with Crippen molar-refractivity contribution in [3.05, 3.63) is 29.6 Å². The maximum absolute atomic E-state index is 5.12. The van der Waals surface area contributed by atoms with Crippen molar-refractivity contribution in [2.75, 3.05) is 5.32 Å². The Morgan fingerprint density at radius 3 is 2.44 bits per heavy atom. The zero-order valence-electron chi connectivity index (χ0n) is 16.9. The number of hydrogen-bond acceptors (Lipinski definition) is 2. The first-order chi connectivity index (χ1) is 11.7. The molecule has 25 heavy (non-hydrogen) atoms. The van der Waals surface area contributed by atoms with Gasteiger partial charge in [0, 0.05) is 17.7 Å². The van der Waals surface area contributed by atoms with E-state index >= 15 is 0 Å². The van der Waals surface area contributed by atoms with E-state index < -0.39 is 0 Å². The molecule has 0 spiro atoms. The molecule has 3 nitrogen and oxygen atoms in total. The molecule has 0 amide bonds. The molecule has 0 aliphatic heterocycles. The SMILES string of the molecule is Cc1cccn2c(NC(C)(C)CC(C)(C)C)c(C3CCCCC3)nc12. The fourth-order valence-electron chi connectivity index (χ4n) is 4.70. The quantitative estimate of drug-likeness (QED) is 0.705. The summed E-state index contributed by atoms with van der Waals surface area (Å²) in [6, 6.07) is 4.30. The number of fused-ring (bicyclic) bond motifs is 1. The zero-order valence-corrected chi connectivity index (χ0v) is 16.9. The summed E-state index contributed by atoms with van der Waals surface area (Å²) in [5.74, 6) is 1.82. The Kier molecular flexibility index (Phi) is 4.87. The van der Waals surface area contributed by atoms with Crippen LogP contribution in [0.2, 0.25) is 0 Å². The first-order valence-corrected chi connectivity index (χ1v) is 9.92. The maximum Gasteiger partial charge on any atom is 0.141 e. The molecule has 1 N–H and O–H groups in total. The van der Waals surface area contributed by atoms with Crippen LogP contribution < -0.4 is 5.32 Å². The highest BCUT2D eigenvalue weighted by atomic mass is 15.2. The Hall–Kier alpha value is -1.51. The molecule has 1 aliphatic rings. The predicted molar refractivity (Wildman–Crippen MR) is 108 cm³/mol. The Bertz CT molecular complexity index is 728. The number of rotatable bonds is 4. The molecular formula is C22H35N3. The van der Waals surface area contributed by atoms with Crippen molar-refractivity contribution in [3.63, 3.8) is 0 Å². The minimum absolute atomic E-state index is 0.0291. The molecule has 1 fully saturated rings. The van der Waals surface area contributed by atoms with Crippen molar-refractivity contribution in [2.24, 2.45) is 5.41 Å².